The standard InChI is InChI=1S/C33H41N3O4S/c1-26-13-11-16-28(23-26)25-36(32(37)21-12-22-35(2)41(39,40)30-19-7-4-8-20-30)31(24-27-14-5-3-6-15-27)33(38)34-29-17-9-10-18-29/h3-8,11,13-16,19-20,23,29,31H,9-10,12,17-18,21-22,24-25H2,1-2H3,(H,34,38). The number of benzene rings is 3. The number of amides is 2. The first-order valence-corrected chi connectivity index (χ1v) is 15.9. The number of nitrogens with zero attached hydrogens (tertiary/aromatic N) is 2. The minimum absolute atomic E-state index is 0.127. The molecule has 3 aromatic rings. The maximum absolute atomic E-state index is 13.9. The number of rotatable bonds is 13. The van der Waals surface area contributed by atoms with E-state index in [4.69, 9.17) is 0 Å². The summed E-state index contributed by atoms with van der Waals surface area (Å²) in [5.41, 5.74) is 3.02. The van der Waals surface area contributed by atoms with Crippen LogP contribution in [0.1, 0.15) is 55.2 Å². The van der Waals surface area contributed by atoms with Crippen molar-refractivity contribution >= 4 is 21.8 Å². The minimum Gasteiger partial charge on any atom is -0.352 e. The van der Waals surface area contributed by atoms with Gasteiger partial charge < -0.3 is 10.2 Å². The largest absolute Gasteiger partial charge is 0.352 e. The zero-order chi connectivity index (χ0) is 29.2. The minimum atomic E-state index is -3.65. The Labute approximate surface area is 244 Å². The van der Waals surface area contributed by atoms with Gasteiger partial charge in [-0.1, -0.05) is 91.2 Å². The van der Waals surface area contributed by atoms with Crippen molar-refractivity contribution in [3.05, 3.63) is 102 Å². The summed E-state index contributed by atoms with van der Waals surface area (Å²) in [7, 11) is -2.12. The van der Waals surface area contributed by atoms with E-state index in [1.165, 1.54) is 11.4 Å². The first kappa shape index (κ1) is 30.5. The Bertz CT molecular complexity index is 1390. The molecule has 1 saturated carbocycles. The molecule has 1 atom stereocenters. The van der Waals surface area contributed by atoms with Gasteiger partial charge in [0.25, 0.3) is 0 Å². The number of nitrogens with one attached hydrogen (secondary N) is 1. The summed E-state index contributed by atoms with van der Waals surface area (Å²) >= 11 is 0. The second-order valence-corrected chi connectivity index (χ2v) is 13.0. The fraction of sp³-hybridized carbons (Fsp3) is 0.394. The van der Waals surface area contributed by atoms with Crippen molar-refractivity contribution in [1.82, 2.24) is 14.5 Å². The van der Waals surface area contributed by atoms with Crippen LogP contribution < -0.4 is 5.32 Å². The maximum Gasteiger partial charge on any atom is 0.243 e. The molecule has 1 N–H and O–H groups in total. The fourth-order valence-electron chi connectivity index (χ4n) is 5.42. The van der Waals surface area contributed by atoms with Gasteiger partial charge in [0.2, 0.25) is 21.8 Å². The average molecular weight is 576 g/mol. The molecule has 0 saturated heterocycles. The van der Waals surface area contributed by atoms with Crippen molar-refractivity contribution in [2.75, 3.05) is 13.6 Å². The van der Waals surface area contributed by atoms with Gasteiger partial charge in [-0.25, -0.2) is 12.7 Å². The molecule has 2 amide bonds. The predicted molar refractivity (Wildman–Crippen MR) is 162 cm³/mol. The Morgan fingerprint density at radius 1 is 0.902 bits per heavy atom. The van der Waals surface area contributed by atoms with E-state index >= 15 is 0 Å². The Hall–Kier alpha value is -3.49. The van der Waals surface area contributed by atoms with Crippen molar-refractivity contribution in [1.29, 1.82) is 0 Å². The van der Waals surface area contributed by atoms with Crippen LogP contribution in [0, 0.1) is 6.92 Å². The Kier molecular flexibility index (Phi) is 10.7. The summed E-state index contributed by atoms with van der Waals surface area (Å²) in [4.78, 5) is 29.6. The van der Waals surface area contributed by atoms with Gasteiger partial charge in [-0.3, -0.25) is 9.59 Å². The van der Waals surface area contributed by atoms with Gasteiger partial charge in [0.15, 0.2) is 0 Å². The predicted octanol–water partition coefficient (Wildman–Crippen LogP) is 5.09. The monoisotopic (exact) mass is 575 g/mol. The molecule has 0 aromatic heterocycles. The molecular formula is C33H41N3O4S. The molecule has 1 fully saturated rings. The van der Waals surface area contributed by atoms with Crippen LogP contribution in [0.3, 0.4) is 0 Å². The summed E-state index contributed by atoms with van der Waals surface area (Å²) < 4.78 is 27.2. The molecule has 8 heteroatoms. The number of hydrogen-bond donors (Lipinski definition) is 1. The van der Waals surface area contributed by atoms with Crippen molar-refractivity contribution in [2.45, 2.75) is 75.4 Å². The van der Waals surface area contributed by atoms with E-state index in [1.807, 2.05) is 61.5 Å². The highest BCUT2D eigenvalue weighted by Crippen LogP contribution is 2.21. The van der Waals surface area contributed by atoms with Crippen molar-refractivity contribution < 1.29 is 18.0 Å². The second kappa shape index (κ2) is 14.4. The second-order valence-electron chi connectivity index (χ2n) is 10.9. The highest BCUT2D eigenvalue weighted by molar-refractivity contribution is 7.89. The van der Waals surface area contributed by atoms with Crippen LogP contribution in [0.2, 0.25) is 0 Å². The van der Waals surface area contributed by atoms with Crippen LogP contribution in [0.25, 0.3) is 0 Å². The SMILES string of the molecule is Cc1cccc(CN(C(=O)CCCN(C)S(=O)(=O)c2ccccc2)C(Cc2ccccc2)C(=O)NC2CCCC2)c1. The lowest BCUT2D eigenvalue weighted by molar-refractivity contribution is -0.141. The summed E-state index contributed by atoms with van der Waals surface area (Å²) in [5.74, 6) is -0.301. The Balaban J connectivity index is 1.54. The highest BCUT2D eigenvalue weighted by Gasteiger charge is 2.32. The van der Waals surface area contributed by atoms with E-state index in [0.29, 0.717) is 19.4 Å². The number of hydrogen-bond acceptors (Lipinski definition) is 4. The Morgan fingerprint density at radius 3 is 2.20 bits per heavy atom. The molecule has 41 heavy (non-hydrogen) atoms. The summed E-state index contributed by atoms with van der Waals surface area (Å²) in [5, 5.41) is 3.22. The number of sulfonamides is 1. The van der Waals surface area contributed by atoms with Crippen LogP contribution >= 0.6 is 0 Å². The quantitative estimate of drug-likeness (QED) is 0.308. The van der Waals surface area contributed by atoms with Crippen LogP contribution in [0.5, 0.6) is 0 Å². The molecule has 0 bridgehead atoms. The van der Waals surface area contributed by atoms with E-state index < -0.39 is 16.1 Å². The first-order valence-electron chi connectivity index (χ1n) is 14.4. The van der Waals surface area contributed by atoms with Gasteiger partial charge in [-0.15, -0.1) is 0 Å². The maximum atomic E-state index is 13.9. The van der Waals surface area contributed by atoms with Gasteiger partial charge in [-0.2, -0.15) is 0 Å². The molecular weight excluding hydrogens is 534 g/mol. The zero-order valence-electron chi connectivity index (χ0n) is 24.0. The van der Waals surface area contributed by atoms with Crippen molar-refractivity contribution in [3.63, 3.8) is 0 Å². The third-order valence-corrected chi connectivity index (χ3v) is 9.59. The lowest BCUT2D eigenvalue weighted by atomic mass is 10.0. The van der Waals surface area contributed by atoms with Gasteiger partial charge in [-0.05, 0) is 49.4 Å². The lowest BCUT2D eigenvalue weighted by Crippen LogP contribution is -2.52. The van der Waals surface area contributed by atoms with Gasteiger partial charge in [0, 0.05) is 39.0 Å². The van der Waals surface area contributed by atoms with E-state index in [0.717, 1.165) is 42.4 Å². The van der Waals surface area contributed by atoms with E-state index in [2.05, 4.69) is 5.32 Å². The molecule has 0 radical (unpaired) electrons. The molecule has 1 aliphatic carbocycles. The Morgan fingerprint density at radius 2 is 1.54 bits per heavy atom. The van der Waals surface area contributed by atoms with Crippen molar-refractivity contribution in [2.24, 2.45) is 0 Å². The van der Waals surface area contributed by atoms with Crippen LogP contribution in [-0.2, 0) is 32.6 Å². The topological polar surface area (TPSA) is 86.8 Å². The zero-order valence-corrected chi connectivity index (χ0v) is 24.9. The van der Waals surface area contributed by atoms with Gasteiger partial charge in [0.05, 0.1) is 4.90 Å². The molecule has 0 heterocycles. The molecule has 1 aliphatic rings. The van der Waals surface area contributed by atoms with Crippen molar-refractivity contribution in [3.8, 4) is 0 Å². The third-order valence-electron chi connectivity index (χ3n) is 7.72. The third kappa shape index (κ3) is 8.50. The van der Waals surface area contributed by atoms with E-state index in [9.17, 15) is 18.0 Å². The molecule has 0 aliphatic heterocycles. The van der Waals surface area contributed by atoms with E-state index in [-0.39, 0.29) is 35.7 Å². The van der Waals surface area contributed by atoms with Crippen LogP contribution in [0.4, 0.5) is 0 Å². The van der Waals surface area contributed by atoms with E-state index in [1.54, 1.807) is 35.2 Å². The smallest absolute Gasteiger partial charge is 0.243 e. The number of carbonyl (C=O) groups is 2. The molecule has 218 valence electrons. The molecule has 4 rings (SSSR count). The van der Waals surface area contributed by atoms with Crippen LogP contribution in [0.15, 0.2) is 89.8 Å². The molecule has 3 aromatic carbocycles. The highest BCUT2D eigenvalue weighted by atomic mass is 32.2. The average Bonchev–Trinajstić information content (AvgIpc) is 3.48. The summed E-state index contributed by atoms with van der Waals surface area (Å²) in [6.07, 6.45) is 4.98. The fourth-order valence-corrected chi connectivity index (χ4v) is 6.65. The van der Waals surface area contributed by atoms with Crippen LogP contribution in [-0.4, -0.2) is 55.1 Å². The number of carbonyl (C=O) groups excluding carboxylic acids is 2. The lowest BCUT2D eigenvalue weighted by Gasteiger charge is -2.32. The molecule has 0 spiro atoms. The first-order chi connectivity index (χ1) is 19.7. The molecule has 7 nitrogen and oxygen atoms in total. The van der Waals surface area contributed by atoms with Gasteiger partial charge >= 0.3 is 0 Å². The summed E-state index contributed by atoms with van der Waals surface area (Å²) in [6.45, 7) is 2.50. The molecule has 1 unspecified atom stereocenters. The van der Waals surface area contributed by atoms with Gasteiger partial charge in [0.1, 0.15) is 6.04 Å². The normalized spacial score (nSPS) is 14.6. The number of aryl methyl sites for hydroxylation is 1. The summed E-state index contributed by atoms with van der Waals surface area (Å²) in [6, 6.07) is 25.5.